The van der Waals surface area contributed by atoms with Crippen molar-refractivity contribution in [1.29, 1.82) is 0 Å². The summed E-state index contributed by atoms with van der Waals surface area (Å²) < 4.78 is 21.9. The molecule has 1 rings (SSSR count). The highest BCUT2D eigenvalue weighted by Gasteiger charge is 2.07. The molecule has 0 saturated heterocycles. The molecule has 0 aliphatic rings. The summed E-state index contributed by atoms with van der Waals surface area (Å²) in [6.45, 7) is 0. The Morgan fingerprint density at radius 3 is 2.53 bits per heavy atom. The first kappa shape index (κ1) is 12.1. The fourth-order valence-corrected chi connectivity index (χ4v) is 2.26. The fourth-order valence-electron chi connectivity index (χ4n) is 1.12. The number of hydrogen-bond donors (Lipinski definition) is 1. The van der Waals surface area contributed by atoms with Gasteiger partial charge in [-0.1, -0.05) is 18.2 Å². The van der Waals surface area contributed by atoms with E-state index >= 15 is 0 Å². The summed E-state index contributed by atoms with van der Waals surface area (Å²) in [7, 11) is -3.32. The van der Waals surface area contributed by atoms with Crippen LogP contribution < -0.4 is 0 Å². The summed E-state index contributed by atoms with van der Waals surface area (Å²) >= 11 is 1.45. The minimum absolute atomic E-state index is 0.220. The van der Waals surface area contributed by atoms with E-state index in [2.05, 4.69) is 0 Å². The van der Waals surface area contributed by atoms with Crippen molar-refractivity contribution in [3.8, 4) is 0 Å². The van der Waals surface area contributed by atoms with Crippen LogP contribution in [0.15, 0.2) is 34.6 Å². The molecule has 0 aromatic heterocycles. The third-order valence-corrected chi connectivity index (χ3v) is 3.16. The molecule has 82 valence electrons. The Balaban J connectivity index is 3.22. The molecule has 0 unspecified atom stereocenters. The van der Waals surface area contributed by atoms with Gasteiger partial charge in [0.05, 0.1) is 5.41 Å². The van der Waals surface area contributed by atoms with Gasteiger partial charge in [-0.05, 0) is 12.3 Å². The van der Waals surface area contributed by atoms with Gasteiger partial charge in [0.25, 0.3) is 0 Å². The number of aliphatic hydroxyl groups is 1. The van der Waals surface area contributed by atoms with Crippen molar-refractivity contribution in [3.63, 3.8) is 0 Å². The first-order valence-electron chi connectivity index (χ1n) is 4.18. The van der Waals surface area contributed by atoms with Crippen LogP contribution in [-0.2, 0) is 9.84 Å². The second kappa shape index (κ2) is 4.72. The van der Waals surface area contributed by atoms with Crippen LogP contribution in [0, 0.1) is 0 Å². The van der Waals surface area contributed by atoms with Crippen LogP contribution >= 0.6 is 11.8 Å². The molecule has 0 radical (unpaired) electrons. The Bertz CT molecular complexity index is 475. The zero-order chi connectivity index (χ0) is 11.5. The van der Waals surface area contributed by atoms with E-state index in [4.69, 9.17) is 0 Å². The Morgan fingerprint density at radius 1 is 1.40 bits per heavy atom. The monoisotopic (exact) mass is 244 g/mol. The highest BCUT2D eigenvalue weighted by molar-refractivity contribution is 7.98. The molecule has 0 aliphatic heterocycles. The molecule has 0 amide bonds. The quantitative estimate of drug-likeness (QED) is 0.655. The third kappa shape index (κ3) is 3.60. The Morgan fingerprint density at radius 2 is 2.00 bits per heavy atom. The van der Waals surface area contributed by atoms with Gasteiger partial charge in [0.15, 0.2) is 9.84 Å². The molecule has 3 nitrogen and oxygen atoms in total. The Kier molecular flexibility index (Phi) is 3.82. The average Bonchev–Trinajstić information content (AvgIpc) is 2.15. The molecule has 0 atom stereocenters. The largest absolute Gasteiger partial charge is 0.507 e. The lowest BCUT2D eigenvalue weighted by Crippen LogP contribution is -1.94. The molecular weight excluding hydrogens is 232 g/mol. The summed E-state index contributed by atoms with van der Waals surface area (Å²) in [6, 6.07) is 7.10. The highest BCUT2D eigenvalue weighted by Crippen LogP contribution is 2.25. The topological polar surface area (TPSA) is 54.4 Å². The van der Waals surface area contributed by atoms with Crippen molar-refractivity contribution in [2.75, 3.05) is 12.5 Å². The van der Waals surface area contributed by atoms with E-state index in [-0.39, 0.29) is 5.76 Å². The molecule has 1 aromatic rings. The molecule has 1 N–H and O–H groups in total. The van der Waals surface area contributed by atoms with E-state index < -0.39 is 9.84 Å². The molecule has 15 heavy (non-hydrogen) atoms. The van der Waals surface area contributed by atoms with Crippen LogP contribution in [0.4, 0.5) is 0 Å². The van der Waals surface area contributed by atoms with Gasteiger partial charge in [-0.25, -0.2) is 8.42 Å². The van der Waals surface area contributed by atoms with E-state index in [1.165, 1.54) is 11.8 Å². The zero-order valence-electron chi connectivity index (χ0n) is 8.47. The average molecular weight is 244 g/mol. The predicted molar refractivity (Wildman–Crippen MR) is 63.7 cm³/mol. The molecular formula is C10H12O3S2. The molecule has 5 heteroatoms. The molecule has 0 spiro atoms. The number of rotatable bonds is 3. The summed E-state index contributed by atoms with van der Waals surface area (Å²) in [5.41, 5.74) is 0.537. The normalized spacial score (nSPS) is 12.8. The summed E-state index contributed by atoms with van der Waals surface area (Å²) in [5.74, 6) is -0.220. The first-order valence-corrected chi connectivity index (χ1v) is 7.36. The lowest BCUT2D eigenvalue weighted by molar-refractivity contribution is 0.510. The number of hydrogen-bond acceptors (Lipinski definition) is 4. The first-order chi connectivity index (χ1) is 6.94. The lowest BCUT2D eigenvalue weighted by Gasteiger charge is -2.05. The van der Waals surface area contributed by atoms with Crippen LogP contribution in [0.25, 0.3) is 5.76 Å². The Labute approximate surface area is 93.7 Å². The Hall–Kier alpha value is -0.940. The number of thioether (sulfide) groups is 1. The molecule has 0 fully saturated rings. The van der Waals surface area contributed by atoms with Crippen LogP contribution in [0.3, 0.4) is 0 Å². The molecule has 0 saturated carbocycles. The molecule has 1 aromatic carbocycles. The third-order valence-electron chi connectivity index (χ3n) is 1.71. The van der Waals surface area contributed by atoms with Gasteiger partial charge in [-0.2, -0.15) is 0 Å². The molecule has 0 heterocycles. The fraction of sp³-hybridized carbons (Fsp3) is 0.200. The number of sulfone groups is 1. The predicted octanol–water partition coefficient (Wildman–Crippen LogP) is 2.31. The van der Waals surface area contributed by atoms with E-state index in [0.29, 0.717) is 5.56 Å². The number of aliphatic hydroxyl groups excluding tert-OH is 1. The van der Waals surface area contributed by atoms with Gasteiger partial charge in [-0.3, -0.25) is 0 Å². The van der Waals surface area contributed by atoms with Gasteiger partial charge in [0.1, 0.15) is 5.76 Å². The smallest absolute Gasteiger partial charge is 0.172 e. The summed E-state index contributed by atoms with van der Waals surface area (Å²) in [4.78, 5) is 0.843. The highest BCUT2D eigenvalue weighted by atomic mass is 32.2. The second-order valence-electron chi connectivity index (χ2n) is 3.03. The van der Waals surface area contributed by atoms with Crippen molar-refractivity contribution in [1.82, 2.24) is 0 Å². The van der Waals surface area contributed by atoms with Crippen molar-refractivity contribution in [2.45, 2.75) is 4.90 Å². The zero-order valence-corrected chi connectivity index (χ0v) is 10.1. The number of benzene rings is 1. The lowest BCUT2D eigenvalue weighted by atomic mass is 10.2. The van der Waals surface area contributed by atoms with Gasteiger partial charge in [0, 0.05) is 16.7 Å². The van der Waals surface area contributed by atoms with Crippen LogP contribution in [0.1, 0.15) is 5.56 Å². The van der Waals surface area contributed by atoms with E-state index in [0.717, 1.165) is 16.6 Å². The van der Waals surface area contributed by atoms with E-state index in [1.807, 2.05) is 18.4 Å². The van der Waals surface area contributed by atoms with Gasteiger partial charge in [0.2, 0.25) is 0 Å². The molecule has 0 aliphatic carbocycles. The van der Waals surface area contributed by atoms with Crippen LogP contribution in [0.5, 0.6) is 0 Å². The van der Waals surface area contributed by atoms with E-state index in [9.17, 15) is 13.5 Å². The van der Waals surface area contributed by atoms with Crippen LogP contribution in [-0.4, -0.2) is 26.0 Å². The van der Waals surface area contributed by atoms with E-state index in [1.54, 1.807) is 12.1 Å². The summed E-state index contributed by atoms with van der Waals surface area (Å²) in [5, 5.41) is 10.5. The standard InChI is InChI=1S/C10H12O3S2/c1-14-10-6-4-3-5-8(10)9(11)7-15(2,12)13/h3-7,11H,1-2H3/b9-7-. The van der Waals surface area contributed by atoms with Crippen molar-refractivity contribution < 1.29 is 13.5 Å². The maximum absolute atomic E-state index is 11.0. The molecule has 0 bridgehead atoms. The van der Waals surface area contributed by atoms with Crippen molar-refractivity contribution in [3.05, 3.63) is 35.2 Å². The van der Waals surface area contributed by atoms with Gasteiger partial charge >= 0.3 is 0 Å². The maximum Gasteiger partial charge on any atom is 0.172 e. The van der Waals surface area contributed by atoms with Crippen molar-refractivity contribution >= 4 is 27.4 Å². The van der Waals surface area contributed by atoms with Gasteiger partial charge in [-0.15, -0.1) is 11.8 Å². The summed E-state index contributed by atoms with van der Waals surface area (Å²) in [6.07, 6.45) is 2.91. The van der Waals surface area contributed by atoms with Gasteiger partial charge < -0.3 is 5.11 Å². The van der Waals surface area contributed by atoms with Crippen LogP contribution in [0.2, 0.25) is 0 Å². The minimum Gasteiger partial charge on any atom is -0.507 e. The van der Waals surface area contributed by atoms with Crippen molar-refractivity contribution in [2.24, 2.45) is 0 Å². The second-order valence-corrected chi connectivity index (χ2v) is 5.78. The maximum atomic E-state index is 11.0. The SMILES string of the molecule is CSc1ccccc1/C(O)=C/S(C)(=O)=O. The minimum atomic E-state index is -3.32.